The maximum atomic E-state index is 12.3. The van der Waals surface area contributed by atoms with Crippen LogP contribution in [-0.4, -0.2) is 32.7 Å². The fourth-order valence-corrected chi connectivity index (χ4v) is 3.99. The van der Waals surface area contributed by atoms with Crippen molar-refractivity contribution in [1.29, 1.82) is 0 Å². The number of rotatable bonds is 8. The fourth-order valence-electron chi connectivity index (χ4n) is 2.04. The van der Waals surface area contributed by atoms with E-state index in [1.807, 2.05) is 31.2 Å². The van der Waals surface area contributed by atoms with Crippen molar-refractivity contribution in [2.75, 3.05) is 19.4 Å². The lowest BCUT2D eigenvalue weighted by atomic mass is 10.2. The molecule has 0 spiro atoms. The van der Waals surface area contributed by atoms with Gasteiger partial charge in [0.05, 0.1) is 16.9 Å². The number of methoxy groups -OCH3 is 1. The number of nitrogens with one attached hydrogen (secondary N) is 1. The number of nitro benzene ring substituents is 1. The summed E-state index contributed by atoms with van der Waals surface area (Å²) >= 11 is 1.52. The molecule has 2 aromatic carbocycles. The summed E-state index contributed by atoms with van der Waals surface area (Å²) in [5.41, 5.74) is 0.769. The number of hydrogen-bond donors (Lipinski definition) is 1. The fraction of sp³-hybridized carbons (Fsp3) is 0.250. The Morgan fingerprint density at radius 1 is 1.20 bits per heavy atom. The van der Waals surface area contributed by atoms with E-state index in [0.717, 1.165) is 16.5 Å². The molecule has 25 heavy (non-hydrogen) atoms. The van der Waals surface area contributed by atoms with Crippen molar-refractivity contribution in [2.24, 2.45) is 0 Å². The van der Waals surface area contributed by atoms with Crippen LogP contribution in [0.15, 0.2) is 52.3 Å². The lowest BCUT2D eigenvalue weighted by molar-refractivity contribution is -0.386. The molecule has 0 unspecified atom stereocenters. The van der Waals surface area contributed by atoms with Gasteiger partial charge in [-0.15, -0.1) is 11.8 Å². The van der Waals surface area contributed by atoms with Gasteiger partial charge in [-0.25, -0.2) is 13.1 Å². The summed E-state index contributed by atoms with van der Waals surface area (Å²) in [7, 11) is -2.54. The highest BCUT2D eigenvalue weighted by Gasteiger charge is 2.21. The summed E-state index contributed by atoms with van der Waals surface area (Å²) in [6, 6.07) is 11.5. The topological polar surface area (TPSA) is 98.5 Å². The first-order valence-electron chi connectivity index (χ1n) is 7.35. The van der Waals surface area contributed by atoms with Gasteiger partial charge in [0.15, 0.2) is 5.75 Å². The second-order valence-corrected chi connectivity index (χ2v) is 8.09. The molecule has 0 saturated carbocycles. The van der Waals surface area contributed by atoms with Crippen LogP contribution in [0.5, 0.6) is 5.75 Å². The monoisotopic (exact) mass is 382 g/mol. The van der Waals surface area contributed by atoms with Gasteiger partial charge in [-0.2, -0.15) is 0 Å². The van der Waals surface area contributed by atoms with Gasteiger partial charge in [-0.3, -0.25) is 10.1 Å². The maximum Gasteiger partial charge on any atom is 0.312 e. The van der Waals surface area contributed by atoms with Crippen LogP contribution < -0.4 is 9.46 Å². The van der Waals surface area contributed by atoms with E-state index < -0.39 is 14.9 Å². The Hall–Kier alpha value is -2.10. The summed E-state index contributed by atoms with van der Waals surface area (Å²) in [6.45, 7) is 2.21. The van der Waals surface area contributed by atoms with E-state index in [-0.39, 0.29) is 22.9 Å². The molecule has 7 nitrogen and oxygen atoms in total. The van der Waals surface area contributed by atoms with E-state index in [9.17, 15) is 18.5 Å². The molecule has 1 N–H and O–H groups in total. The third-order valence-electron chi connectivity index (χ3n) is 3.34. The zero-order valence-corrected chi connectivity index (χ0v) is 15.4. The van der Waals surface area contributed by atoms with Crippen molar-refractivity contribution in [2.45, 2.75) is 16.7 Å². The molecule has 134 valence electrons. The molecule has 0 amide bonds. The number of aryl methyl sites for hydroxylation is 1. The van der Waals surface area contributed by atoms with Crippen LogP contribution in [0.2, 0.25) is 0 Å². The van der Waals surface area contributed by atoms with E-state index in [0.29, 0.717) is 5.75 Å². The number of hydrogen-bond acceptors (Lipinski definition) is 6. The van der Waals surface area contributed by atoms with Gasteiger partial charge < -0.3 is 4.74 Å². The third-order valence-corrected chi connectivity index (χ3v) is 5.81. The summed E-state index contributed by atoms with van der Waals surface area (Å²) in [5.74, 6) is 0.555. The minimum absolute atomic E-state index is 0.0128. The molecule has 2 aromatic rings. The molecule has 0 aliphatic rings. The second kappa shape index (κ2) is 8.32. The normalized spacial score (nSPS) is 11.3. The molecule has 0 aromatic heterocycles. The van der Waals surface area contributed by atoms with Crippen LogP contribution in [0, 0.1) is 17.0 Å². The highest BCUT2D eigenvalue weighted by atomic mass is 32.2. The minimum atomic E-state index is -3.83. The van der Waals surface area contributed by atoms with E-state index in [1.54, 1.807) is 0 Å². The molecule has 9 heteroatoms. The quantitative estimate of drug-likeness (QED) is 0.326. The highest BCUT2D eigenvalue weighted by Crippen LogP contribution is 2.29. The third kappa shape index (κ3) is 5.18. The Kier molecular flexibility index (Phi) is 6.40. The Balaban J connectivity index is 2.00. The van der Waals surface area contributed by atoms with Crippen molar-refractivity contribution >= 4 is 27.5 Å². The van der Waals surface area contributed by atoms with Crippen molar-refractivity contribution < 1.29 is 18.1 Å². The molecule has 0 heterocycles. The Morgan fingerprint density at radius 3 is 2.48 bits per heavy atom. The maximum absolute atomic E-state index is 12.3. The predicted molar refractivity (Wildman–Crippen MR) is 96.7 cm³/mol. The largest absolute Gasteiger partial charge is 0.490 e. The van der Waals surface area contributed by atoms with Gasteiger partial charge in [0.1, 0.15) is 0 Å². The van der Waals surface area contributed by atoms with Gasteiger partial charge in [0.25, 0.3) is 0 Å². The van der Waals surface area contributed by atoms with Crippen molar-refractivity contribution in [3.63, 3.8) is 0 Å². The lowest BCUT2D eigenvalue weighted by Crippen LogP contribution is -2.26. The average molecular weight is 382 g/mol. The number of nitro groups is 1. The van der Waals surface area contributed by atoms with Gasteiger partial charge in [-0.05, 0) is 31.2 Å². The molecule has 0 bridgehead atoms. The van der Waals surface area contributed by atoms with E-state index in [1.165, 1.54) is 31.0 Å². The zero-order valence-electron chi connectivity index (χ0n) is 13.8. The summed E-state index contributed by atoms with van der Waals surface area (Å²) < 4.78 is 31.9. The SMILES string of the molecule is COc1ccc(S(=O)(=O)NCCSc2ccc(C)cc2)cc1[N+](=O)[O-]. The van der Waals surface area contributed by atoms with Crippen molar-refractivity contribution in [1.82, 2.24) is 4.72 Å². The minimum Gasteiger partial charge on any atom is -0.490 e. The average Bonchev–Trinajstić information content (AvgIpc) is 2.59. The van der Waals surface area contributed by atoms with Crippen LogP contribution in [0.1, 0.15) is 5.56 Å². The van der Waals surface area contributed by atoms with Crippen LogP contribution in [0.3, 0.4) is 0 Å². The van der Waals surface area contributed by atoms with Crippen molar-refractivity contribution in [3.8, 4) is 5.75 Å². The Bertz CT molecular complexity index is 851. The first-order chi connectivity index (χ1) is 11.8. The second-order valence-electron chi connectivity index (χ2n) is 5.15. The number of nitrogens with zero attached hydrogens (tertiary/aromatic N) is 1. The van der Waals surface area contributed by atoms with Gasteiger partial charge in [0, 0.05) is 23.3 Å². The Morgan fingerprint density at radius 2 is 1.88 bits per heavy atom. The summed E-state index contributed by atoms with van der Waals surface area (Å²) in [5, 5.41) is 11.0. The molecule has 0 aliphatic carbocycles. The Labute approximate surface area is 150 Å². The van der Waals surface area contributed by atoms with Gasteiger partial charge in [0.2, 0.25) is 10.0 Å². The lowest BCUT2D eigenvalue weighted by Gasteiger charge is -2.08. The molecule has 2 rings (SSSR count). The number of benzene rings is 2. The molecule has 0 fully saturated rings. The molecule has 0 atom stereocenters. The van der Waals surface area contributed by atoms with Crippen LogP contribution in [-0.2, 0) is 10.0 Å². The van der Waals surface area contributed by atoms with Gasteiger partial charge in [-0.1, -0.05) is 17.7 Å². The number of thioether (sulfide) groups is 1. The van der Waals surface area contributed by atoms with E-state index in [2.05, 4.69) is 4.72 Å². The molecule has 0 aliphatic heterocycles. The first-order valence-corrected chi connectivity index (χ1v) is 9.82. The zero-order chi connectivity index (χ0) is 18.4. The van der Waals surface area contributed by atoms with Crippen LogP contribution >= 0.6 is 11.8 Å². The molecule has 0 radical (unpaired) electrons. The van der Waals surface area contributed by atoms with E-state index in [4.69, 9.17) is 4.74 Å². The van der Waals surface area contributed by atoms with Crippen LogP contribution in [0.4, 0.5) is 5.69 Å². The standard InChI is InChI=1S/C16H18N2O5S2/c1-12-3-5-13(6-4-12)24-10-9-17-25(21,22)14-7-8-16(23-2)15(11-14)18(19)20/h3-8,11,17H,9-10H2,1-2H3. The number of sulfonamides is 1. The predicted octanol–water partition coefficient (Wildman–Crippen LogP) is 2.98. The van der Waals surface area contributed by atoms with E-state index >= 15 is 0 Å². The summed E-state index contributed by atoms with van der Waals surface area (Å²) in [4.78, 5) is 11.2. The van der Waals surface area contributed by atoms with Crippen LogP contribution in [0.25, 0.3) is 0 Å². The molecular formula is C16H18N2O5S2. The summed E-state index contributed by atoms with van der Waals surface area (Å²) in [6.07, 6.45) is 0. The smallest absolute Gasteiger partial charge is 0.312 e. The van der Waals surface area contributed by atoms with Crippen molar-refractivity contribution in [3.05, 3.63) is 58.1 Å². The highest BCUT2D eigenvalue weighted by molar-refractivity contribution is 7.99. The molecular weight excluding hydrogens is 364 g/mol. The molecule has 0 saturated heterocycles. The first kappa shape index (κ1) is 19.2. The van der Waals surface area contributed by atoms with Gasteiger partial charge >= 0.3 is 5.69 Å². The number of ether oxygens (including phenoxy) is 1.